The summed E-state index contributed by atoms with van der Waals surface area (Å²) in [7, 11) is 0. The minimum absolute atomic E-state index is 0.0521. The van der Waals surface area contributed by atoms with E-state index < -0.39 is 11.3 Å². The third-order valence-corrected chi connectivity index (χ3v) is 2.71. The molecule has 6 heteroatoms. The first-order chi connectivity index (χ1) is 9.70. The third-order valence-electron chi connectivity index (χ3n) is 2.71. The minimum atomic E-state index is -0.590. The molecule has 0 unspecified atom stereocenters. The lowest BCUT2D eigenvalue weighted by Crippen LogP contribution is -2.10. The van der Waals surface area contributed by atoms with E-state index in [2.05, 4.69) is 27.1 Å². The summed E-state index contributed by atoms with van der Waals surface area (Å²) in [6.07, 6.45) is 2.54. The number of H-pyrrole nitrogens is 1. The van der Waals surface area contributed by atoms with E-state index >= 15 is 0 Å². The van der Waals surface area contributed by atoms with Crippen LogP contribution in [0.1, 0.15) is 25.6 Å². The number of nitrogens with one attached hydrogen (secondary N) is 1. The number of rotatable bonds is 5. The number of hydrogen-bond acceptors (Lipinski definition) is 5. The van der Waals surface area contributed by atoms with E-state index in [1.807, 2.05) is 18.2 Å². The Balaban J connectivity index is 2.28. The van der Waals surface area contributed by atoms with Crippen molar-refractivity contribution in [2.75, 3.05) is 0 Å². The Morgan fingerprint density at radius 3 is 2.70 bits per heavy atom. The summed E-state index contributed by atoms with van der Waals surface area (Å²) in [5.74, 6) is -0.0507. The maximum atomic E-state index is 11.6. The third kappa shape index (κ3) is 3.50. The van der Waals surface area contributed by atoms with Crippen LogP contribution in [0, 0.1) is 0 Å². The van der Waals surface area contributed by atoms with E-state index in [9.17, 15) is 9.90 Å². The largest absolute Gasteiger partial charge is 0.500 e. The molecule has 1 aromatic carbocycles. The lowest BCUT2D eigenvalue weighted by atomic mass is 10.2. The molecule has 0 saturated carbocycles. The van der Waals surface area contributed by atoms with Crippen molar-refractivity contribution in [1.82, 2.24) is 9.97 Å². The predicted octanol–water partition coefficient (Wildman–Crippen LogP) is 3.23. The number of aryl methyl sites for hydroxylation is 1. The molecule has 6 nitrogen and oxygen atoms in total. The van der Waals surface area contributed by atoms with Crippen LogP contribution in [-0.4, -0.2) is 15.1 Å². The van der Waals surface area contributed by atoms with E-state index in [0.717, 1.165) is 12.8 Å². The fourth-order valence-corrected chi connectivity index (χ4v) is 1.63. The maximum absolute atomic E-state index is 11.6. The van der Waals surface area contributed by atoms with Gasteiger partial charge in [0.15, 0.2) is 0 Å². The van der Waals surface area contributed by atoms with E-state index in [1.165, 1.54) is 0 Å². The molecule has 0 atom stereocenters. The first-order valence-corrected chi connectivity index (χ1v) is 6.49. The molecule has 1 heterocycles. The molecule has 0 amide bonds. The van der Waals surface area contributed by atoms with Crippen molar-refractivity contribution in [2.24, 2.45) is 10.2 Å². The van der Waals surface area contributed by atoms with Crippen LogP contribution in [0.4, 0.5) is 11.5 Å². The fourth-order valence-electron chi connectivity index (χ4n) is 1.63. The molecule has 2 N–H and O–H groups in total. The van der Waals surface area contributed by atoms with Gasteiger partial charge in [0.25, 0.3) is 5.56 Å². The van der Waals surface area contributed by atoms with Crippen molar-refractivity contribution in [2.45, 2.75) is 26.2 Å². The second kappa shape index (κ2) is 6.60. The van der Waals surface area contributed by atoms with Gasteiger partial charge in [-0.05, 0) is 18.6 Å². The lowest BCUT2D eigenvalue weighted by Gasteiger charge is -2.01. The van der Waals surface area contributed by atoms with Crippen LogP contribution < -0.4 is 5.56 Å². The smallest absolute Gasteiger partial charge is 0.295 e. The molecule has 104 valence electrons. The summed E-state index contributed by atoms with van der Waals surface area (Å²) in [6, 6.07) is 9.06. The number of benzene rings is 1. The van der Waals surface area contributed by atoms with E-state index in [0.29, 0.717) is 17.9 Å². The van der Waals surface area contributed by atoms with E-state index in [1.54, 1.807) is 12.1 Å². The van der Waals surface area contributed by atoms with Crippen molar-refractivity contribution in [1.29, 1.82) is 0 Å². The molecule has 0 aliphatic heterocycles. The van der Waals surface area contributed by atoms with Crippen molar-refractivity contribution < 1.29 is 5.11 Å². The van der Waals surface area contributed by atoms with Crippen LogP contribution in [0.2, 0.25) is 0 Å². The quantitative estimate of drug-likeness (QED) is 0.818. The molecule has 2 aromatic rings. The normalized spacial score (nSPS) is 11.1. The number of azo groups is 1. The lowest BCUT2D eigenvalue weighted by molar-refractivity contribution is 0.463. The van der Waals surface area contributed by atoms with Crippen LogP contribution in [0.5, 0.6) is 5.75 Å². The highest BCUT2D eigenvalue weighted by atomic mass is 16.3. The topological polar surface area (TPSA) is 90.7 Å². The van der Waals surface area contributed by atoms with Crippen LogP contribution in [-0.2, 0) is 6.42 Å². The number of unbranched alkanes of at least 4 members (excludes halogenated alkanes) is 1. The van der Waals surface area contributed by atoms with Crippen molar-refractivity contribution >= 4 is 11.5 Å². The van der Waals surface area contributed by atoms with E-state index in [-0.39, 0.29) is 5.82 Å². The van der Waals surface area contributed by atoms with E-state index in [4.69, 9.17) is 0 Å². The average molecular weight is 272 g/mol. The number of aromatic nitrogens is 2. The van der Waals surface area contributed by atoms with Gasteiger partial charge in [0.1, 0.15) is 5.82 Å². The van der Waals surface area contributed by atoms with Gasteiger partial charge >= 0.3 is 0 Å². The highest BCUT2D eigenvalue weighted by Crippen LogP contribution is 2.22. The highest BCUT2D eigenvalue weighted by Gasteiger charge is 2.09. The van der Waals surface area contributed by atoms with Gasteiger partial charge in [-0.25, -0.2) is 4.98 Å². The van der Waals surface area contributed by atoms with Crippen LogP contribution in [0.25, 0.3) is 0 Å². The van der Waals surface area contributed by atoms with Gasteiger partial charge < -0.3 is 10.1 Å². The molecule has 0 radical (unpaired) electrons. The van der Waals surface area contributed by atoms with Gasteiger partial charge in [0.2, 0.25) is 11.6 Å². The fraction of sp³-hybridized carbons (Fsp3) is 0.286. The standard InChI is InChI=1S/C14H16N4O2/c1-2-3-9-11-15-13(12(19)14(20)16-11)18-17-10-7-5-4-6-8-10/h4-8,19H,2-3,9H2,1H3,(H,15,16,20). The zero-order chi connectivity index (χ0) is 14.4. The molecule has 2 rings (SSSR count). The monoisotopic (exact) mass is 272 g/mol. The SMILES string of the molecule is CCCCc1nc(N=Nc2ccccc2)c(O)c(=O)[nH]1. The van der Waals surface area contributed by atoms with Crippen LogP contribution in [0.15, 0.2) is 45.4 Å². The summed E-state index contributed by atoms with van der Waals surface area (Å²) in [4.78, 5) is 18.2. The molecule has 20 heavy (non-hydrogen) atoms. The average Bonchev–Trinajstić information content (AvgIpc) is 2.48. The Morgan fingerprint density at radius 1 is 1.25 bits per heavy atom. The second-order valence-corrected chi connectivity index (χ2v) is 4.32. The first-order valence-electron chi connectivity index (χ1n) is 6.49. The van der Waals surface area contributed by atoms with Gasteiger partial charge in [0.05, 0.1) is 5.69 Å². The predicted molar refractivity (Wildman–Crippen MR) is 75.8 cm³/mol. The van der Waals surface area contributed by atoms with Crippen molar-refractivity contribution in [3.63, 3.8) is 0 Å². The molecule has 1 aromatic heterocycles. The Kier molecular flexibility index (Phi) is 4.60. The summed E-state index contributed by atoms with van der Waals surface area (Å²) in [5, 5.41) is 17.5. The van der Waals surface area contributed by atoms with Crippen molar-refractivity contribution in [3.05, 3.63) is 46.5 Å². The van der Waals surface area contributed by atoms with Gasteiger partial charge in [-0.1, -0.05) is 31.5 Å². The molecule has 0 saturated heterocycles. The molecule has 0 spiro atoms. The molecule has 0 aliphatic rings. The van der Waals surface area contributed by atoms with Gasteiger partial charge in [-0.2, -0.15) is 0 Å². The Morgan fingerprint density at radius 2 is 2.00 bits per heavy atom. The molecule has 0 fully saturated rings. The maximum Gasteiger partial charge on any atom is 0.295 e. The van der Waals surface area contributed by atoms with Crippen LogP contribution in [0.3, 0.4) is 0 Å². The van der Waals surface area contributed by atoms with Crippen LogP contribution >= 0.6 is 0 Å². The molecule has 0 aliphatic carbocycles. The summed E-state index contributed by atoms with van der Waals surface area (Å²) < 4.78 is 0. The summed E-state index contributed by atoms with van der Waals surface area (Å²) in [6.45, 7) is 2.05. The Labute approximate surface area is 116 Å². The zero-order valence-electron chi connectivity index (χ0n) is 11.2. The number of nitrogens with zero attached hydrogens (tertiary/aromatic N) is 3. The van der Waals surface area contributed by atoms with Crippen molar-refractivity contribution in [3.8, 4) is 5.75 Å². The molecule has 0 bridgehead atoms. The number of hydrogen-bond donors (Lipinski definition) is 2. The number of aromatic hydroxyl groups is 1. The van der Waals surface area contributed by atoms with Gasteiger partial charge in [-0.15, -0.1) is 10.2 Å². The van der Waals surface area contributed by atoms with Gasteiger partial charge in [0, 0.05) is 6.42 Å². The second-order valence-electron chi connectivity index (χ2n) is 4.32. The summed E-state index contributed by atoms with van der Waals surface area (Å²) in [5.41, 5.74) is 0.0391. The first kappa shape index (κ1) is 13.9. The molecular formula is C14H16N4O2. The summed E-state index contributed by atoms with van der Waals surface area (Å²) >= 11 is 0. The van der Waals surface area contributed by atoms with Gasteiger partial charge in [-0.3, -0.25) is 4.79 Å². The zero-order valence-corrected chi connectivity index (χ0v) is 11.2. The number of aromatic amines is 1. The minimum Gasteiger partial charge on any atom is -0.500 e. The highest BCUT2D eigenvalue weighted by molar-refractivity contribution is 5.43. The Bertz CT molecular complexity index is 650. The Hall–Kier alpha value is -2.50. The molecular weight excluding hydrogens is 256 g/mol.